The predicted octanol–water partition coefficient (Wildman–Crippen LogP) is 1.81. The Balaban J connectivity index is 0.00000225. The van der Waals surface area contributed by atoms with Crippen LogP contribution in [0.4, 0.5) is 0 Å². The van der Waals surface area contributed by atoms with Crippen LogP contribution >= 0.6 is 24.0 Å². The van der Waals surface area contributed by atoms with Gasteiger partial charge in [-0.2, -0.15) is 0 Å². The largest absolute Gasteiger partial charge is 0.354 e. The van der Waals surface area contributed by atoms with E-state index in [0.717, 1.165) is 23.7 Å². The van der Waals surface area contributed by atoms with Gasteiger partial charge in [0.25, 0.3) is 0 Å². The van der Waals surface area contributed by atoms with E-state index in [1.54, 1.807) is 0 Å². The Bertz CT molecular complexity index is 557. The van der Waals surface area contributed by atoms with Crippen molar-refractivity contribution >= 4 is 29.9 Å². The van der Waals surface area contributed by atoms with Gasteiger partial charge >= 0.3 is 0 Å². The second-order valence-corrected chi connectivity index (χ2v) is 7.04. The second kappa shape index (κ2) is 9.70. The van der Waals surface area contributed by atoms with E-state index < -0.39 is 0 Å². The van der Waals surface area contributed by atoms with Gasteiger partial charge in [-0.15, -0.1) is 34.2 Å². The first-order chi connectivity index (χ1) is 11.7. The van der Waals surface area contributed by atoms with E-state index in [0.29, 0.717) is 12.6 Å². The number of hydrogen-bond donors (Lipinski definition) is 2. The Kier molecular flexibility index (Phi) is 7.92. The summed E-state index contributed by atoms with van der Waals surface area (Å²) in [6.07, 6.45) is 8.03. The molecular formula is C17H32IN7. The molecule has 7 nitrogen and oxygen atoms in total. The number of guanidine groups is 1. The maximum Gasteiger partial charge on any atom is 0.191 e. The molecule has 3 rings (SSSR count). The summed E-state index contributed by atoms with van der Waals surface area (Å²) in [7, 11) is 3.81. The number of nitrogens with one attached hydrogen (secondary N) is 2. The average molecular weight is 461 g/mol. The predicted molar refractivity (Wildman–Crippen MR) is 111 cm³/mol. The molecule has 1 aromatic rings. The number of aryl methyl sites for hydroxylation is 1. The lowest BCUT2D eigenvalue weighted by atomic mass is 10.0. The Morgan fingerprint density at radius 1 is 1.16 bits per heavy atom. The van der Waals surface area contributed by atoms with E-state index >= 15 is 0 Å². The van der Waals surface area contributed by atoms with E-state index in [-0.39, 0.29) is 24.0 Å². The third-order valence-corrected chi connectivity index (χ3v) is 5.53. The summed E-state index contributed by atoms with van der Waals surface area (Å²) in [5.74, 6) is 2.70. The molecule has 0 spiro atoms. The number of hydrogen-bond acceptors (Lipinski definition) is 4. The molecule has 0 atom stereocenters. The molecule has 1 aliphatic heterocycles. The van der Waals surface area contributed by atoms with E-state index in [1.807, 2.05) is 25.6 Å². The van der Waals surface area contributed by atoms with Crippen LogP contribution < -0.4 is 10.6 Å². The normalized spacial score (nSPS) is 20.5. The van der Waals surface area contributed by atoms with Crippen molar-refractivity contribution in [2.24, 2.45) is 12.0 Å². The molecule has 2 fully saturated rings. The summed E-state index contributed by atoms with van der Waals surface area (Å²) in [5.41, 5.74) is 0. The summed E-state index contributed by atoms with van der Waals surface area (Å²) in [4.78, 5) is 7.05. The van der Waals surface area contributed by atoms with E-state index in [4.69, 9.17) is 0 Å². The number of likely N-dealkylation sites (tertiary alicyclic amines) is 1. The van der Waals surface area contributed by atoms with Gasteiger partial charge in [0.15, 0.2) is 11.8 Å². The highest BCUT2D eigenvalue weighted by molar-refractivity contribution is 14.0. The van der Waals surface area contributed by atoms with E-state index in [1.165, 1.54) is 51.6 Å². The Morgan fingerprint density at radius 2 is 1.84 bits per heavy atom. The van der Waals surface area contributed by atoms with E-state index in [9.17, 15) is 0 Å². The lowest BCUT2D eigenvalue weighted by Crippen LogP contribution is -2.50. The van der Waals surface area contributed by atoms with Gasteiger partial charge in [-0.05, 0) is 32.6 Å². The van der Waals surface area contributed by atoms with Gasteiger partial charge in [-0.3, -0.25) is 4.99 Å². The average Bonchev–Trinajstić information content (AvgIpc) is 3.24. The van der Waals surface area contributed by atoms with Gasteiger partial charge in [-0.25, -0.2) is 0 Å². The summed E-state index contributed by atoms with van der Waals surface area (Å²) in [6, 6.07) is 1.36. The molecule has 1 saturated carbocycles. The molecule has 1 saturated heterocycles. The van der Waals surface area contributed by atoms with Gasteiger partial charge in [0.1, 0.15) is 5.82 Å². The standard InChI is InChI=1S/C17H31N7.HI/c1-13-21-22-16(23(13)3)12-19-17(18-2)20-14-8-10-24(11-9-14)15-6-4-5-7-15;/h14-15H,4-12H2,1-3H3,(H2,18,19,20);1H. The topological polar surface area (TPSA) is 70.4 Å². The summed E-state index contributed by atoms with van der Waals surface area (Å²) in [6.45, 7) is 5.02. The van der Waals surface area contributed by atoms with Crippen molar-refractivity contribution in [2.75, 3.05) is 20.1 Å². The van der Waals surface area contributed by atoms with Crippen molar-refractivity contribution in [1.82, 2.24) is 30.3 Å². The van der Waals surface area contributed by atoms with Crippen LogP contribution in [0.5, 0.6) is 0 Å². The van der Waals surface area contributed by atoms with Crippen LogP contribution in [0.25, 0.3) is 0 Å². The highest BCUT2D eigenvalue weighted by Gasteiger charge is 2.27. The molecule has 0 bridgehead atoms. The van der Waals surface area contributed by atoms with E-state index in [2.05, 4.69) is 30.7 Å². The zero-order valence-electron chi connectivity index (χ0n) is 15.7. The first-order valence-corrected chi connectivity index (χ1v) is 9.23. The molecule has 0 unspecified atom stereocenters. The zero-order valence-corrected chi connectivity index (χ0v) is 18.0. The van der Waals surface area contributed by atoms with Gasteiger partial charge in [0.05, 0.1) is 6.54 Å². The van der Waals surface area contributed by atoms with Gasteiger partial charge < -0.3 is 20.1 Å². The summed E-state index contributed by atoms with van der Waals surface area (Å²) < 4.78 is 2.00. The number of piperidine rings is 1. The Labute approximate surface area is 168 Å². The minimum absolute atomic E-state index is 0. The maximum atomic E-state index is 4.35. The SMILES string of the molecule is CN=C(NCc1nnc(C)n1C)NC1CCN(C2CCCC2)CC1.I. The minimum Gasteiger partial charge on any atom is -0.354 e. The van der Waals surface area contributed by atoms with Crippen molar-refractivity contribution < 1.29 is 0 Å². The van der Waals surface area contributed by atoms with Crippen LogP contribution in [0.15, 0.2) is 4.99 Å². The molecule has 1 aliphatic carbocycles. The van der Waals surface area contributed by atoms with Crippen LogP contribution in [0.1, 0.15) is 50.2 Å². The van der Waals surface area contributed by atoms with Crippen molar-refractivity contribution in [3.63, 3.8) is 0 Å². The monoisotopic (exact) mass is 461 g/mol. The highest BCUT2D eigenvalue weighted by Crippen LogP contribution is 2.26. The molecule has 2 aliphatic rings. The zero-order chi connectivity index (χ0) is 16.9. The third kappa shape index (κ3) is 5.29. The Morgan fingerprint density at radius 3 is 2.40 bits per heavy atom. The van der Waals surface area contributed by atoms with Gasteiger partial charge in [-0.1, -0.05) is 12.8 Å². The molecule has 0 amide bonds. The molecule has 142 valence electrons. The minimum atomic E-state index is 0. The number of rotatable bonds is 4. The van der Waals surface area contributed by atoms with Gasteiger partial charge in [0.2, 0.25) is 0 Å². The van der Waals surface area contributed by atoms with Crippen LogP contribution in [0, 0.1) is 6.92 Å². The lowest BCUT2D eigenvalue weighted by molar-refractivity contribution is 0.150. The second-order valence-electron chi connectivity index (χ2n) is 7.04. The maximum absolute atomic E-state index is 4.35. The van der Waals surface area contributed by atoms with Crippen LogP contribution in [-0.2, 0) is 13.6 Å². The molecule has 0 radical (unpaired) electrons. The highest BCUT2D eigenvalue weighted by atomic mass is 127. The fraction of sp³-hybridized carbons (Fsp3) is 0.824. The molecular weight excluding hydrogens is 429 g/mol. The quantitative estimate of drug-likeness (QED) is 0.407. The van der Waals surface area contributed by atoms with Crippen LogP contribution in [-0.4, -0.2) is 57.8 Å². The van der Waals surface area contributed by atoms with Crippen molar-refractivity contribution in [2.45, 2.75) is 64.1 Å². The molecule has 2 N–H and O–H groups in total. The fourth-order valence-electron chi connectivity index (χ4n) is 3.83. The molecule has 1 aromatic heterocycles. The van der Waals surface area contributed by atoms with Crippen LogP contribution in [0.3, 0.4) is 0 Å². The molecule has 25 heavy (non-hydrogen) atoms. The van der Waals surface area contributed by atoms with Crippen molar-refractivity contribution in [3.05, 3.63) is 11.6 Å². The summed E-state index contributed by atoms with van der Waals surface area (Å²) >= 11 is 0. The molecule has 0 aromatic carbocycles. The van der Waals surface area contributed by atoms with Crippen molar-refractivity contribution in [1.29, 1.82) is 0 Å². The molecule has 2 heterocycles. The Hall–Kier alpha value is -0.900. The molecule has 8 heteroatoms. The lowest BCUT2D eigenvalue weighted by Gasteiger charge is -2.36. The first kappa shape index (κ1) is 20.4. The van der Waals surface area contributed by atoms with Gasteiger partial charge in [0, 0.05) is 39.3 Å². The fourth-order valence-corrected chi connectivity index (χ4v) is 3.83. The third-order valence-electron chi connectivity index (χ3n) is 5.53. The number of aromatic nitrogens is 3. The summed E-state index contributed by atoms with van der Waals surface area (Å²) in [5, 5.41) is 15.2. The number of halogens is 1. The van der Waals surface area contributed by atoms with Crippen molar-refractivity contribution in [3.8, 4) is 0 Å². The number of aliphatic imine (C=N–C) groups is 1. The first-order valence-electron chi connectivity index (χ1n) is 9.23. The number of nitrogens with zero attached hydrogens (tertiary/aromatic N) is 5. The van der Waals surface area contributed by atoms with Crippen LogP contribution in [0.2, 0.25) is 0 Å². The smallest absolute Gasteiger partial charge is 0.191 e.